The molecule has 1 aromatic heterocycles. The Bertz CT molecular complexity index is 968. The van der Waals surface area contributed by atoms with Crippen LogP contribution in [0.3, 0.4) is 0 Å². The molecule has 0 fully saturated rings. The van der Waals surface area contributed by atoms with Crippen molar-refractivity contribution in [3.63, 3.8) is 0 Å². The Kier molecular flexibility index (Phi) is 5.85. The number of hydrogen-bond acceptors (Lipinski definition) is 3. The van der Waals surface area contributed by atoms with Gasteiger partial charge in [-0.1, -0.05) is 24.3 Å². The van der Waals surface area contributed by atoms with E-state index in [1.54, 1.807) is 48.5 Å². The second kappa shape index (κ2) is 8.15. The van der Waals surface area contributed by atoms with Gasteiger partial charge < -0.3 is 9.29 Å². The van der Waals surface area contributed by atoms with Crippen LogP contribution in [0.1, 0.15) is 18.2 Å². The second-order valence-electron chi connectivity index (χ2n) is 5.91. The van der Waals surface area contributed by atoms with E-state index in [1.807, 2.05) is 6.92 Å². The van der Waals surface area contributed by atoms with Crippen LogP contribution in [-0.4, -0.2) is 25.1 Å². The molecule has 0 amide bonds. The van der Waals surface area contributed by atoms with Crippen molar-refractivity contribution >= 4 is 11.1 Å². The Morgan fingerprint density at radius 3 is 2.29 bits per heavy atom. The lowest BCUT2D eigenvalue weighted by Crippen LogP contribution is -2.07. The minimum atomic E-state index is -4.58. The van der Waals surface area contributed by atoms with Crippen LogP contribution in [0, 0.1) is 0 Å². The summed E-state index contributed by atoms with van der Waals surface area (Å²) >= 11 is -1.99. The van der Waals surface area contributed by atoms with Crippen molar-refractivity contribution in [2.24, 2.45) is 0 Å². The van der Waals surface area contributed by atoms with E-state index in [4.69, 9.17) is 9.29 Å². The summed E-state index contributed by atoms with van der Waals surface area (Å²) in [6.45, 7) is 2.32. The summed E-state index contributed by atoms with van der Waals surface area (Å²) in [5.41, 5.74) is 0.816. The van der Waals surface area contributed by atoms with Gasteiger partial charge in [-0.15, -0.1) is 0 Å². The van der Waals surface area contributed by atoms with Gasteiger partial charge in [-0.05, 0) is 42.8 Å². The molecule has 1 unspecified atom stereocenters. The fraction of sp³-hybridized carbons (Fsp3) is 0.211. The maximum Gasteiger partial charge on any atom is 0.435 e. The summed E-state index contributed by atoms with van der Waals surface area (Å²) in [4.78, 5) is 0. The normalized spacial score (nSPS) is 12.8. The molecule has 0 radical (unpaired) electrons. The smallest absolute Gasteiger partial charge is 0.435 e. The van der Waals surface area contributed by atoms with Crippen LogP contribution in [0.5, 0.6) is 5.75 Å². The summed E-state index contributed by atoms with van der Waals surface area (Å²) in [6, 6.07) is 14.0. The number of alkyl halides is 3. The highest BCUT2D eigenvalue weighted by Gasteiger charge is 2.35. The van der Waals surface area contributed by atoms with Crippen molar-refractivity contribution in [1.82, 2.24) is 9.78 Å². The van der Waals surface area contributed by atoms with Gasteiger partial charge in [0, 0.05) is 5.56 Å². The highest BCUT2D eigenvalue weighted by molar-refractivity contribution is 7.78. The van der Waals surface area contributed by atoms with Crippen molar-refractivity contribution in [3.8, 4) is 22.7 Å². The summed E-state index contributed by atoms with van der Waals surface area (Å²) in [5.74, 6) is 0.559. The summed E-state index contributed by atoms with van der Waals surface area (Å²) in [7, 11) is 0. The molecule has 0 aliphatic heterocycles. The Labute approximate surface area is 162 Å². The van der Waals surface area contributed by atoms with Crippen LogP contribution >= 0.6 is 0 Å². The van der Waals surface area contributed by atoms with E-state index in [9.17, 15) is 17.4 Å². The largest absolute Gasteiger partial charge is 0.494 e. The molecule has 0 aliphatic carbocycles. The average Bonchev–Trinajstić information content (AvgIpc) is 3.08. The first-order chi connectivity index (χ1) is 13.3. The van der Waals surface area contributed by atoms with E-state index in [0.717, 1.165) is 6.07 Å². The predicted octanol–water partition coefficient (Wildman–Crippen LogP) is 4.68. The highest BCUT2D eigenvalue weighted by Crippen LogP contribution is 2.33. The first-order valence-corrected chi connectivity index (χ1v) is 9.63. The second-order valence-corrected chi connectivity index (χ2v) is 6.85. The predicted molar refractivity (Wildman–Crippen MR) is 99.6 cm³/mol. The number of ether oxygens (including phenoxy) is 1. The number of benzene rings is 2. The molecule has 3 rings (SSSR count). The van der Waals surface area contributed by atoms with Gasteiger partial charge in [0.15, 0.2) is 16.8 Å². The highest BCUT2D eigenvalue weighted by atomic mass is 32.2. The molecule has 9 heteroatoms. The van der Waals surface area contributed by atoms with Gasteiger partial charge in [-0.25, -0.2) is 8.89 Å². The maximum absolute atomic E-state index is 13.2. The molecule has 0 saturated carbocycles. The standard InChI is InChI=1S/C19H17F3N2O3S/c1-2-27-16-9-7-15(8-10-16)24-17(11-18(23-24)19(20,21)22)14-5-3-13(4-6-14)12-28(25)26/h3-11H,2,12H2,1H3,(H,25,26). The van der Waals surface area contributed by atoms with Gasteiger partial charge in [-0.2, -0.15) is 18.3 Å². The van der Waals surface area contributed by atoms with Gasteiger partial charge in [0.25, 0.3) is 0 Å². The van der Waals surface area contributed by atoms with Crippen molar-refractivity contribution in [2.75, 3.05) is 6.61 Å². The average molecular weight is 410 g/mol. The zero-order valence-electron chi connectivity index (χ0n) is 14.8. The molecule has 0 aliphatic rings. The van der Waals surface area contributed by atoms with Crippen LogP contribution in [0.4, 0.5) is 13.2 Å². The molecule has 0 bridgehead atoms. The topological polar surface area (TPSA) is 64.4 Å². The van der Waals surface area contributed by atoms with E-state index < -0.39 is 23.0 Å². The quantitative estimate of drug-likeness (QED) is 0.600. The third-order valence-electron chi connectivity index (χ3n) is 3.93. The van der Waals surface area contributed by atoms with Gasteiger partial charge in [0.1, 0.15) is 5.75 Å². The van der Waals surface area contributed by atoms with Crippen LogP contribution in [0.15, 0.2) is 54.6 Å². The molecular formula is C19H17F3N2O3S. The Morgan fingerprint density at radius 1 is 1.11 bits per heavy atom. The minimum absolute atomic E-state index is 0.0494. The molecule has 2 aromatic carbocycles. The molecule has 0 spiro atoms. The number of hydrogen-bond donors (Lipinski definition) is 1. The molecule has 1 heterocycles. The third-order valence-corrected chi connectivity index (χ3v) is 4.51. The maximum atomic E-state index is 13.2. The Balaban J connectivity index is 2.04. The van der Waals surface area contributed by atoms with Crippen LogP contribution in [0.2, 0.25) is 0 Å². The first kappa shape index (κ1) is 20.1. The lowest BCUT2D eigenvalue weighted by molar-refractivity contribution is -0.141. The zero-order valence-corrected chi connectivity index (χ0v) is 15.6. The van der Waals surface area contributed by atoms with Crippen molar-refractivity contribution in [3.05, 3.63) is 65.9 Å². The van der Waals surface area contributed by atoms with Gasteiger partial charge in [0.05, 0.1) is 23.7 Å². The zero-order chi connectivity index (χ0) is 20.3. The molecule has 0 saturated heterocycles. The van der Waals surface area contributed by atoms with Crippen LogP contribution in [0.25, 0.3) is 16.9 Å². The Morgan fingerprint density at radius 2 is 1.75 bits per heavy atom. The van der Waals surface area contributed by atoms with E-state index in [-0.39, 0.29) is 11.4 Å². The third kappa shape index (κ3) is 4.60. The van der Waals surface area contributed by atoms with Crippen molar-refractivity contribution < 1.29 is 26.7 Å². The van der Waals surface area contributed by atoms with E-state index in [0.29, 0.717) is 29.2 Å². The first-order valence-electron chi connectivity index (χ1n) is 8.35. The van der Waals surface area contributed by atoms with E-state index in [1.165, 1.54) is 4.68 Å². The summed E-state index contributed by atoms with van der Waals surface area (Å²) in [5, 5.41) is 3.74. The lowest BCUT2D eigenvalue weighted by Gasteiger charge is -2.09. The van der Waals surface area contributed by atoms with Crippen molar-refractivity contribution in [2.45, 2.75) is 18.9 Å². The molecule has 1 N–H and O–H groups in total. The monoisotopic (exact) mass is 410 g/mol. The van der Waals surface area contributed by atoms with Gasteiger partial charge in [0.2, 0.25) is 0 Å². The number of halogens is 3. The van der Waals surface area contributed by atoms with E-state index in [2.05, 4.69) is 5.10 Å². The molecule has 1 atom stereocenters. The molecular weight excluding hydrogens is 393 g/mol. The number of nitrogens with zero attached hydrogens (tertiary/aromatic N) is 2. The van der Waals surface area contributed by atoms with Crippen LogP contribution in [-0.2, 0) is 23.0 Å². The lowest BCUT2D eigenvalue weighted by atomic mass is 10.1. The number of rotatable bonds is 6. The molecule has 28 heavy (non-hydrogen) atoms. The molecule has 5 nitrogen and oxygen atoms in total. The number of aromatic nitrogens is 2. The van der Waals surface area contributed by atoms with Gasteiger partial charge >= 0.3 is 6.18 Å². The SMILES string of the molecule is CCOc1ccc(-n2nc(C(F)(F)F)cc2-c2ccc(CS(=O)O)cc2)cc1. The summed E-state index contributed by atoms with van der Waals surface area (Å²) in [6.07, 6.45) is -4.58. The Hall–Kier alpha value is -2.65. The van der Waals surface area contributed by atoms with Gasteiger partial charge in [-0.3, -0.25) is 0 Å². The summed E-state index contributed by atoms with van der Waals surface area (Å²) < 4.78 is 66.1. The molecule has 148 valence electrons. The fourth-order valence-corrected chi connectivity index (χ4v) is 3.16. The minimum Gasteiger partial charge on any atom is -0.494 e. The van der Waals surface area contributed by atoms with E-state index >= 15 is 0 Å². The fourth-order valence-electron chi connectivity index (χ4n) is 2.69. The van der Waals surface area contributed by atoms with Crippen molar-refractivity contribution in [1.29, 1.82) is 0 Å². The molecule has 3 aromatic rings. The van der Waals surface area contributed by atoms with Crippen LogP contribution < -0.4 is 4.74 Å².